The van der Waals surface area contributed by atoms with Crippen LogP contribution in [0.25, 0.3) is 0 Å². The average molecular weight is 294 g/mol. The van der Waals surface area contributed by atoms with Gasteiger partial charge in [-0.1, -0.05) is 12.1 Å². The molecule has 1 N–H and O–H groups in total. The van der Waals surface area contributed by atoms with Crippen molar-refractivity contribution >= 4 is 11.4 Å². The summed E-state index contributed by atoms with van der Waals surface area (Å²) in [5.74, 6) is -1.45. The topological polar surface area (TPSA) is 64.4 Å². The first-order chi connectivity index (χ1) is 10.0. The van der Waals surface area contributed by atoms with Crippen LogP contribution in [0.1, 0.15) is 5.56 Å². The predicted octanol–water partition coefficient (Wildman–Crippen LogP) is 3.49. The van der Waals surface area contributed by atoms with E-state index in [-0.39, 0.29) is 12.2 Å². The SMILES string of the molecule is COc1cccc(CNc2cc([N+](=O)[O-])c(F)cc2F)c1. The molecule has 0 atom stereocenters. The molecule has 110 valence electrons. The fourth-order valence-electron chi connectivity index (χ4n) is 1.79. The van der Waals surface area contributed by atoms with Crippen molar-refractivity contribution in [1.82, 2.24) is 0 Å². The molecule has 5 nitrogen and oxygen atoms in total. The third kappa shape index (κ3) is 3.44. The molecule has 2 aromatic carbocycles. The van der Waals surface area contributed by atoms with Crippen LogP contribution in [-0.2, 0) is 6.54 Å². The summed E-state index contributed by atoms with van der Waals surface area (Å²) in [6.07, 6.45) is 0. The van der Waals surface area contributed by atoms with Crippen molar-refractivity contribution in [3.05, 3.63) is 63.7 Å². The van der Waals surface area contributed by atoms with Crippen molar-refractivity contribution in [1.29, 1.82) is 0 Å². The minimum atomic E-state index is -1.20. The van der Waals surface area contributed by atoms with E-state index in [9.17, 15) is 18.9 Å². The second-order valence-corrected chi connectivity index (χ2v) is 4.25. The number of nitro groups is 1. The molecule has 0 amide bonds. The molecule has 0 radical (unpaired) electrons. The van der Waals surface area contributed by atoms with Crippen molar-refractivity contribution in [2.75, 3.05) is 12.4 Å². The Balaban J connectivity index is 2.19. The minimum absolute atomic E-state index is 0.133. The highest BCUT2D eigenvalue weighted by atomic mass is 19.1. The number of anilines is 1. The molecule has 0 fully saturated rings. The molecule has 0 heterocycles. The van der Waals surface area contributed by atoms with Gasteiger partial charge in [0.2, 0.25) is 5.82 Å². The summed E-state index contributed by atoms with van der Waals surface area (Å²) in [6.45, 7) is 0.219. The highest BCUT2D eigenvalue weighted by Gasteiger charge is 2.18. The number of nitro benzene ring substituents is 1. The Bertz CT molecular complexity index is 677. The predicted molar refractivity (Wildman–Crippen MR) is 73.3 cm³/mol. The van der Waals surface area contributed by atoms with Crippen molar-refractivity contribution in [3.8, 4) is 5.75 Å². The zero-order valence-corrected chi connectivity index (χ0v) is 11.1. The molecule has 0 aliphatic rings. The first-order valence-electron chi connectivity index (χ1n) is 6.01. The van der Waals surface area contributed by atoms with Crippen LogP contribution in [0.5, 0.6) is 5.75 Å². The Hall–Kier alpha value is -2.70. The van der Waals surface area contributed by atoms with Crippen molar-refractivity contribution < 1.29 is 18.4 Å². The maximum atomic E-state index is 13.6. The number of hydrogen-bond donors (Lipinski definition) is 1. The molecule has 0 spiro atoms. The lowest BCUT2D eigenvalue weighted by molar-refractivity contribution is -0.387. The van der Waals surface area contributed by atoms with E-state index in [1.54, 1.807) is 24.3 Å². The van der Waals surface area contributed by atoms with Crippen LogP contribution in [0.3, 0.4) is 0 Å². The second kappa shape index (κ2) is 6.17. The van der Waals surface area contributed by atoms with Gasteiger partial charge in [-0.3, -0.25) is 10.1 Å². The van der Waals surface area contributed by atoms with E-state index in [1.807, 2.05) is 0 Å². The van der Waals surface area contributed by atoms with Crippen LogP contribution in [0.15, 0.2) is 36.4 Å². The van der Waals surface area contributed by atoms with Crippen molar-refractivity contribution in [3.63, 3.8) is 0 Å². The van der Waals surface area contributed by atoms with E-state index in [2.05, 4.69) is 5.32 Å². The third-order valence-corrected chi connectivity index (χ3v) is 2.85. The van der Waals surface area contributed by atoms with Gasteiger partial charge in [0.05, 0.1) is 17.7 Å². The summed E-state index contributed by atoms with van der Waals surface area (Å²) >= 11 is 0. The summed E-state index contributed by atoms with van der Waals surface area (Å²) in [4.78, 5) is 9.74. The number of methoxy groups -OCH3 is 1. The molecule has 0 aliphatic carbocycles. The van der Waals surface area contributed by atoms with Gasteiger partial charge in [0.15, 0.2) is 0 Å². The number of hydrogen-bond acceptors (Lipinski definition) is 4. The van der Waals surface area contributed by atoms with Crippen LogP contribution >= 0.6 is 0 Å². The van der Waals surface area contributed by atoms with Crippen LogP contribution in [0.4, 0.5) is 20.2 Å². The van der Waals surface area contributed by atoms with E-state index >= 15 is 0 Å². The van der Waals surface area contributed by atoms with E-state index < -0.39 is 22.2 Å². The Kier molecular flexibility index (Phi) is 4.32. The fraction of sp³-hybridized carbons (Fsp3) is 0.143. The Morgan fingerprint density at radius 3 is 2.67 bits per heavy atom. The largest absolute Gasteiger partial charge is 0.497 e. The van der Waals surface area contributed by atoms with E-state index in [0.29, 0.717) is 11.8 Å². The molecular weight excluding hydrogens is 282 g/mol. The Morgan fingerprint density at radius 2 is 2.00 bits per heavy atom. The molecule has 2 rings (SSSR count). The lowest BCUT2D eigenvalue weighted by atomic mass is 10.2. The van der Waals surface area contributed by atoms with Gasteiger partial charge in [-0.2, -0.15) is 4.39 Å². The Morgan fingerprint density at radius 1 is 1.24 bits per heavy atom. The van der Waals surface area contributed by atoms with E-state index in [4.69, 9.17) is 4.74 Å². The molecule has 0 unspecified atom stereocenters. The fourth-order valence-corrected chi connectivity index (χ4v) is 1.79. The normalized spacial score (nSPS) is 10.2. The summed E-state index contributed by atoms with van der Waals surface area (Å²) in [7, 11) is 1.52. The van der Waals surface area contributed by atoms with E-state index in [1.165, 1.54) is 7.11 Å². The van der Waals surface area contributed by atoms with Crippen molar-refractivity contribution in [2.24, 2.45) is 0 Å². The zero-order valence-electron chi connectivity index (χ0n) is 11.1. The molecule has 7 heteroatoms. The molecule has 0 saturated heterocycles. The smallest absolute Gasteiger partial charge is 0.307 e. The van der Waals surface area contributed by atoms with Crippen molar-refractivity contribution in [2.45, 2.75) is 6.54 Å². The number of nitrogens with one attached hydrogen (secondary N) is 1. The number of benzene rings is 2. The summed E-state index contributed by atoms with van der Waals surface area (Å²) in [5.41, 5.74) is -0.115. The summed E-state index contributed by atoms with van der Waals surface area (Å²) in [5, 5.41) is 13.3. The zero-order chi connectivity index (χ0) is 15.4. The van der Waals surface area contributed by atoms with Crippen LogP contribution < -0.4 is 10.1 Å². The third-order valence-electron chi connectivity index (χ3n) is 2.85. The van der Waals surface area contributed by atoms with Gasteiger partial charge in [0.1, 0.15) is 11.6 Å². The van der Waals surface area contributed by atoms with Crippen LogP contribution in [0, 0.1) is 21.7 Å². The second-order valence-electron chi connectivity index (χ2n) is 4.25. The van der Waals surface area contributed by atoms with Crippen LogP contribution in [0.2, 0.25) is 0 Å². The van der Waals surface area contributed by atoms with Gasteiger partial charge in [0, 0.05) is 18.7 Å². The molecule has 21 heavy (non-hydrogen) atoms. The number of ether oxygens (including phenoxy) is 1. The highest BCUT2D eigenvalue weighted by Crippen LogP contribution is 2.25. The minimum Gasteiger partial charge on any atom is -0.497 e. The highest BCUT2D eigenvalue weighted by molar-refractivity contribution is 5.53. The van der Waals surface area contributed by atoms with E-state index in [0.717, 1.165) is 11.6 Å². The van der Waals surface area contributed by atoms with Gasteiger partial charge in [-0.25, -0.2) is 4.39 Å². The molecule has 0 bridgehead atoms. The first kappa shape index (κ1) is 14.7. The lowest BCUT2D eigenvalue weighted by Gasteiger charge is -2.09. The Labute approximate surface area is 119 Å². The standard InChI is InChI=1S/C14H12F2N2O3/c1-21-10-4-2-3-9(5-10)8-17-13-7-14(18(19)20)12(16)6-11(13)15/h2-7,17H,8H2,1H3. The average Bonchev–Trinajstić information content (AvgIpc) is 2.46. The molecule has 0 aliphatic heterocycles. The number of rotatable bonds is 5. The van der Waals surface area contributed by atoms with Crippen LogP contribution in [-0.4, -0.2) is 12.0 Å². The molecule has 0 saturated carbocycles. The van der Waals surface area contributed by atoms with Gasteiger partial charge in [0.25, 0.3) is 0 Å². The maximum absolute atomic E-state index is 13.6. The summed E-state index contributed by atoms with van der Waals surface area (Å²) in [6, 6.07) is 8.37. The van der Waals surface area contributed by atoms with Gasteiger partial charge in [-0.05, 0) is 17.7 Å². The monoisotopic (exact) mass is 294 g/mol. The maximum Gasteiger partial charge on any atom is 0.307 e. The van der Waals surface area contributed by atoms with Gasteiger partial charge in [-0.15, -0.1) is 0 Å². The summed E-state index contributed by atoms with van der Waals surface area (Å²) < 4.78 is 31.9. The molecule has 2 aromatic rings. The quantitative estimate of drug-likeness (QED) is 0.677. The first-order valence-corrected chi connectivity index (χ1v) is 6.01. The van der Waals surface area contributed by atoms with Gasteiger partial charge >= 0.3 is 5.69 Å². The molecule has 0 aromatic heterocycles. The van der Waals surface area contributed by atoms with Gasteiger partial charge < -0.3 is 10.1 Å². The number of halogens is 2. The number of nitrogens with zero attached hydrogens (tertiary/aromatic N) is 1. The lowest BCUT2D eigenvalue weighted by Crippen LogP contribution is -2.04. The molecular formula is C14H12F2N2O3.